The summed E-state index contributed by atoms with van der Waals surface area (Å²) in [7, 11) is 0. The van der Waals surface area contributed by atoms with Crippen molar-refractivity contribution in [2.45, 2.75) is 71.8 Å². The Hall–Kier alpha value is -0.0800. The van der Waals surface area contributed by atoms with Crippen molar-refractivity contribution in [2.75, 3.05) is 19.8 Å². The zero-order chi connectivity index (χ0) is 13.2. The Morgan fingerprint density at radius 3 is 2.72 bits per heavy atom. The van der Waals surface area contributed by atoms with E-state index in [1.165, 1.54) is 44.9 Å². The molecule has 0 radical (unpaired) electrons. The van der Waals surface area contributed by atoms with E-state index in [9.17, 15) is 0 Å². The lowest BCUT2D eigenvalue weighted by molar-refractivity contribution is 0.116. The number of rotatable bonds is 9. The van der Waals surface area contributed by atoms with E-state index in [0.717, 1.165) is 31.6 Å². The molecule has 2 nitrogen and oxygen atoms in total. The van der Waals surface area contributed by atoms with Crippen molar-refractivity contribution in [3.63, 3.8) is 0 Å². The Morgan fingerprint density at radius 2 is 2.06 bits per heavy atom. The molecule has 3 unspecified atom stereocenters. The summed E-state index contributed by atoms with van der Waals surface area (Å²) in [5, 5.41) is 3.76. The summed E-state index contributed by atoms with van der Waals surface area (Å²) in [4.78, 5) is 0. The average molecular weight is 255 g/mol. The van der Waals surface area contributed by atoms with Crippen molar-refractivity contribution >= 4 is 0 Å². The summed E-state index contributed by atoms with van der Waals surface area (Å²) < 4.78 is 5.55. The molecule has 1 saturated carbocycles. The maximum atomic E-state index is 5.55. The van der Waals surface area contributed by atoms with Crippen molar-refractivity contribution in [2.24, 2.45) is 11.8 Å². The van der Waals surface area contributed by atoms with Crippen LogP contribution in [-0.4, -0.2) is 25.8 Å². The lowest BCUT2D eigenvalue weighted by Crippen LogP contribution is -2.40. The van der Waals surface area contributed by atoms with Gasteiger partial charge in [0.2, 0.25) is 0 Å². The summed E-state index contributed by atoms with van der Waals surface area (Å²) in [6.45, 7) is 9.62. The van der Waals surface area contributed by atoms with Crippen LogP contribution in [0.4, 0.5) is 0 Å². The van der Waals surface area contributed by atoms with Crippen molar-refractivity contribution in [3.8, 4) is 0 Å². The smallest absolute Gasteiger partial charge is 0.0480 e. The van der Waals surface area contributed by atoms with Crippen LogP contribution in [0.15, 0.2) is 0 Å². The second-order valence-electron chi connectivity index (χ2n) is 5.75. The minimum atomic E-state index is 0.686. The molecule has 18 heavy (non-hydrogen) atoms. The molecule has 0 aliphatic heterocycles. The highest BCUT2D eigenvalue weighted by Gasteiger charge is 2.27. The monoisotopic (exact) mass is 255 g/mol. The van der Waals surface area contributed by atoms with E-state index in [0.29, 0.717) is 6.04 Å². The molecule has 1 N–H and O–H groups in total. The minimum Gasteiger partial charge on any atom is -0.382 e. The molecule has 0 aromatic heterocycles. The summed E-state index contributed by atoms with van der Waals surface area (Å²) in [5.41, 5.74) is 0. The standard InChI is InChI=1S/C16H33NO/c1-4-11-17-16(10-12-18-6-3)15-9-7-8-14(5-2)13-15/h14-17H,4-13H2,1-3H3. The molecule has 3 atom stereocenters. The van der Waals surface area contributed by atoms with Crippen LogP contribution in [0.1, 0.15) is 65.7 Å². The average Bonchev–Trinajstić information content (AvgIpc) is 2.42. The van der Waals surface area contributed by atoms with Crippen LogP contribution in [-0.2, 0) is 4.74 Å². The number of hydrogen-bond acceptors (Lipinski definition) is 2. The Balaban J connectivity index is 2.40. The Kier molecular flexibility index (Phi) is 8.70. The van der Waals surface area contributed by atoms with Crippen LogP contribution < -0.4 is 5.32 Å². The van der Waals surface area contributed by atoms with Gasteiger partial charge in [-0.1, -0.05) is 33.1 Å². The van der Waals surface area contributed by atoms with Crippen LogP contribution in [0.3, 0.4) is 0 Å². The van der Waals surface area contributed by atoms with Gasteiger partial charge in [0.05, 0.1) is 0 Å². The highest BCUT2D eigenvalue weighted by Crippen LogP contribution is 2.33. The van der Waals surface area contributed by atoms with Gasteiger partial charge in [0.1, 0.15) is 0 Å². The number of ether oxygens (including phenoxy) is 1. The normalized spacial score (nSPS) is 26.2. The molecule has 1 aliphatic rings. The summed E-state index contributed by atoms with van der Waals surface area (Å²) >= 11 is 0. The fraction of sp³-hybridized carbons (Fsp3) is 1.00. The van der Waals surface area contributed by atoms with Crippen LogP contribution in [0.5, 0.6) is 0 Å². The molecule has 1 fully saturated rings. The lowest BCUT2D eigenvalue weighted by Gasteiger charge is -2.35. The van der Waals surface area contributed by atoms with E-state index in [-0.39, 0.29) is 0 Å². The fourth-order valence-corrected chi connectivity index (χ4v) is 3.26. The molecule has 0 saturated heterocycles. The molecule has 0 bridgehead atoms. The summed E-state index contributed by atoms with van der Waals surface area (Å²) in [5.74, 6) is 1.86. The number of nitrogens with one attached hydrogen (secondary N) is 1. The van der Waals surface area contributed by atoms with Gasteiger partial charge >= 0.3 is 0 Å². The van der Waals surface area contributed by atoms with E-state index < -0.39 is 0 Å². The third-order valence-corrected chi connectivity index (χ3v) is 4.40. The third-order valence-electron chi connectivity index (χ3n) is 4.40. The molecular weight excluding hydrogens is 222 g/mol. The Bertz CT molecular complexity index is 196. The molecular formula is C16H33NO. The second kappa shape index (κ2) is 9.80. The van der Waals surface area contributed by atoms with Crippen LogP contribution in [0.2, 0.25) is 0 Å². The predicted molar refractivity (Wildman–Crippen MR) is 78.9 cm³/mol. The summed E-state index contributed by atoms with van der Waals surface area (Å²) in [6.07, 6.45) is 9.53. The van der Waals surface area contributed by atoms with Gasteiger partial charge in [-0.2, -0.15) is 0 Å². The first-order valence-corrected chi connectivity index (χ1v) is 8.12. The van der Waals surface area contributed by atoms with Crippen LogP contribution in [0, 0.1) is 11.8 Å². The minimum absolute atomic E-state index is 0.686. The van der Waals surface area contributed by atoms with Gasteiger partial charge in [-0.15, -0.1) is 0 Å². The van der Waals surface area contributed by atoms with E-state index in [4.69, 9.17) is 4.74 Å². The van der Waals surface area contributed by atoms with E-state index >= 15 is 0 Å². The SMILES string of the molecule is CCCNC(CCOCC)C1CCCC(CC)C1. The first kappa shape index (κ1) is 16.0. The summed E-state index contributed by atoms with van der Waals surface area (Å²) in [6, 6.07) is 0.686. The van der Waals surface area contributed by atoms with Gasteiger partial charge in [0.25, 0.3) is 0 Å². The molecule has 0 amide bonds. The third kappa shape index (κ3) is 5.71. The van der Waals surface area contributed by atoms with Crippen molar-refractivity contribution in [1.82, 2.24) is 5.32 Å². The van der Waals surface area contributed by atoms with Crippen molar-refractivity contribution in [3.05, 3.63) is 0 Å². The van der Waals surface area contributed by atoms with E-state index in [1.807, 2.05) is 0 Å². The molecule has 1 rings (SSSR count). The van der Waals surface area contributed by atoms with Crippen LogP contribution >= 0.6 is 0 Å². The van der Waals surface area contributed by atoms with Gasteiger partial charge in [0, 0.05) is 19.3 Å². The van der Waals surface area contributed by atoms with Gasteiger partial charge in [0.15, 0.2) is 0 Å². The van der Waals surface area contributed by atoms with Gasteiger partial charge in [-0.05, 0) is 51.0 Å². The van der Waals surface area contributed by atoms with Gasteiger partial charge in [-0.25, -0.2) is 0 Å². The molecule has 0 aromatic rings. The van der Waals surface area contributed by atoms with E-state index in [1.54, 1.807) is 0 Å². The van der Waals surface area contributed by atoms with Gasteiger partial charge < -0.3 is 10.1 Å². The van der Waals surface area contributed by atoms with E-state index in [2.05, 4.69) is 26.1 Å². The molecule has 0 heterocycles. The van der Waals surface area contributed by atoms with Gasteiger partial charge in [-0.3, -0.25) is 0 Å². The predicted octanol–water partition coefficient (Wildman–Crippen LogP) is 4.00. The highest BCUT2D eigenvalue weighted by molar-refractivity contribution is 4.82. The zero-order valence-corrected chi connectivity index (χ0v) is 12.7. The fourth-order valence-electron chi connectivity index (χ4n) is 3.26. The molecule has 1 aliphatic carbocycles. The quantitative estimate of drug-likeness (QED) is 0.629. The van der Waals surface area contributed by atoms with Crippen LogP contribution in [0.25, 0.3) is 0 Å². The van der Waals surface area contributed by atoms with Crippen molar-refractivity contribution < 1.29 is 4.74 Å². The molecule has 0 spiro atoms. The maximum Gasteiger partial charge on any atom is 0.0480 e. The molecule has 0 aromatic carbocycles. The lowest BCUT2D eigenvalue weighted by atomic mass is 9.76. The Morgan fingerprint density at radius 1 is 1.22 bits per heavy atom. The first-order valence-electron chi connectivity index (χ1n) is 8.12. The largest absolute Gasteiger partial charge is 0.382 e. The van der Waals surface area contributed by atoms with Crippen molar-refractivity contribution in [1.29, 1.82) is 0 Å². The molecule has 108 valence electrons. The maximum absolute atomic E-state index is 5.55. The highest BCUT2D eigenvalue weighted by atomic mass is 16.5. The molecule has 2 heteroatoms. The Labute approximate surface area is 114 Å². The number of hydrogen-bond donors (Lipinski definition) is 1. The second-order valence-corrected chi connectivity index (χ2v) is 5.75. The first-order chi connectivity index (χ1) is 8.81. The zero-order valence-electron chi connectivity index (χ0n) is 12.7. The topological polar surface area (TPSA) is 21.3 Å².